The number of anilines is 1. The molecule has 3 rings (SSSR count). The van der Waals surface area contributed by atoms with E-state index in [0.717, 1.165) is 22.4 Å². The zero-order valence-electron chi connectivity index (χ0n) is 12.2. The Morgan fingerprint density at radius 2 is 2.14 bits per heavy atom. The lowest BCUT2D eigenvalue weighted by atomic mass is 10.2. The maximum Gasteiger partial charge on any atom is 0.338 e. The van der Waals surface area contributed by atoms with E-state index in [1.54, 1.807) is 18.3 Å². The number of nitrogens with one attached hydrogen (secondary N) is 2. The summed E-state index contributed by atoms with van der Waals surface area (Å²) in [6.45, 7) is 2.72. The first-order valence-corrected chi connectivity index (χ1v) is 7.01. The summed E-state index contributed by atoms with van der Waals surface area (Å²) >= 11 is 0. The number of hydrogen-bond donors (Lipinski definition) is 2. The Kier molecular flexibility index (Phi) is 4.00. The molecule has 0 aliphatic carbocycles. The van der Waals surface area contributed by atoms with Crippen LogP contribution in [0, 0.1) is 6.92 Å². The average Bonchev–Trinajstić information content (AvgIpc) is 3.00. The summed E-state index contributed by atoms with van der Waals surface area (Å²) in [5.41, 5.74) is 4.01. The number of aromatic nitrogens is 3. The van der Waals surface area contributed by atoms with Gasteiger partial charge in [0.1, 0.15) is 17.6 Å². The second-order valence-corrected chi connectivity index (χ2v) is 4.87. The molecule has 22 heavy (non-hydrogen) atoms. The van der Waals surface area contributed by atoms with Crippen LogP contribution in [0.15, 0.2) is 42.6 Å². The van der Waals surface area contributed by atoms with E-state index in [0.29, 0.717) is 12.1 Å². The van der Waals surface area contributed by atoms with E-state index in [2.05, 4.69) is 20.5 Å². The van der Waals surface area contributed by atoms with Crippen molar-refractivity contribution in [3.8, 4) is 0 Å². The highest BCUT2D eigenvalue weighted by atomic mass is 16.5. The van der Waals surface area contributed by atoms with Gasteiger partial charge in [0.25, 0.3) is 0 Å². The molecule has 0 aliphatic heterocycles. The number of hydrogen-bond acceptors (Lipinski definition) is 5. The molecule has 2 heterocycles. The first-order valence-electron chi connectivity index (χ1n) is 7.01. The molecule has 0 saturated heterocycles. The van der Waals surface area contributed by atoms with Gasteiger partial charge >= 0.3 is 5.97 Å². The number of fused-ring (bicyclic) bond motifs is 1. The normalized spacial score (nSPS) is 10.6. The molecule has 0 radical (unpaired) electrons. The zero-order chi connectivity index (χ0) is 15.4. The van der Waals surface area contributed by atoms with Crippen LogP contribution in [0.5, 0.6) is 0 Å². The monoisotopic (exact) mass is 296 g/mol. The first-order chi connectivity index (χ1) is 10.7. The standard InChI is InChI=1S/C16H16N4O2/c1-11-9-13(15-14(19-11)10-18-20-15)17-7-8-22-16(21)12-5-3-2-4-6-12/h2-6,9-10H,7-8H2,1H3,(H,17,19)(H,18,20). The Morgan fingerprint density at radius 3 is 2.95 bits per heavy atom. The quantitative estimate of drug-likeness (QED) is 0.558. The van der Waals surface area contributed by atoms with Gasteiger partial charge in [-0.2, -0.15) is 5.10 Å². The van der Waals surface area contributed by atoms with Crippen LogP contribution >= 0.6 is 0 Å². The summed E-state index contributed by atoms with van der Waals surface area (Å²) in [6, 6.07) is 10.9. The van der Waals surface area contributed by atoms with Crippen molar-refractivity contribution in [1.82, 2.24) is 15.2 Å². The molecule has 0 atom stereocenters. The van der Waals surface area contributed by atoms with Gasteiger partial charge in [-0.25, -0.2) is 9.78 Å². The fourth-order valence-electron chi connectivity index (χ4n) is 2.19. The van der Waals surface area contributed by atoms with E-state index >= 15 is 0 Å². The maximum atomic E-state index is 11.8. The predicted octanol–water partition coefficient (Wildman–Crippen LogP) is 2.54. The van der Waals surface area contributed by atoms with Crippen molar-refractivity contribution in [3.05, 3.63) is 53.9 Å². The van der Waals surface area contributed by atoms with Crippen molar-refractivity contribution in [2.45, 2.75) is 6.92 Å². The van der Waals surface area contributed by atoms with E-state index in [4.69, 9.17) is 4.74 Å². The van der Waals surface area contributed by atoms with E-state index < -0.39 is 0 Å². The number of esters is 1. The summed E-state index contributed by atoms with van der Waals surface area (Å²) in [6.07, 6.45) is 1.68. The van der Waals surface area contributed by atoms with Crippen molar-refractivity contribution in [1.29, 1.82) is 0 Å². The average molecular weight is 296 g/mol. The molecule has 6 nitrogen and oxygen atoms in total. The van der Waals surface area contributed by atoms with Crippen molar-refractivity contribution in [2.75, 3.05) is 18.5 Å². The van der Waals surface area contributed by atoms with Gasteiger partial charge in [0.05, 0.1) is 17.4 Å². The fraction of sp³-hybridized carbons (Fsp3) is 0.188. The Labute approximate surface area is 127 Å². The molecule has 0 fully saturated rings. The Hall–Kier alpha value is -2.89. The number of carbonyl (C=O) groups excluding carboxylic acids is 1. The van der Waals surface area contributed by atoms with Gasteiger partial charge in [-0.15, -0.1) is 0 Å². The van der Waals surface area contributed by atoms with Crippen molar-refractivity contribution >= 4 is 22.7 Å². The maximum absolute atomic E-state index is 11.8. The van der Waals surface area contributed by atoms with E-state index in [1.807, 2.05) is 31.2 Å². The molecular formula is C16H16N4O2. The largest absolute Gasteiger partial charge is 0.460 e. The number of rotatable bonds is 5. The molecule has 0 aliphatic rings. The highest BCUT2D eigenvalue weighted by Gasteiger charge is 2.07. The molecule has 2 N–H and O–H groups in total. The van der Waals surface area contributed by atoms with Gasteiger partial charge in [-0.3, -0.25) is 5.10 Å². The molecule has 112 valence electrons. The van der Waals surface area contributed by atoms with Gasteiger partial charge in [0, 0.05) is 12.2 Å². The molecular weight excluding hydrogens is 280 g/mol. The molecule has 0 spiro atoms. The number of aryl methyl sites for hydroxylation is 1. The molecule has 3 aromatic rings. The minimum absolute atomic E-state index is 0.282. The number of benzene rings is 1. The molecule has 6 heteroatoms. The van der Waals surface area contributed by atoms with Crippen LogP contribution in [0.4, 0.5) is 5.69 Å². The Bertz CT molecular complexity index is 783. The Morgan fingerprint density at radius 1 is 1.32 bits per heavy atom. The topological polar surface area (TPSA) is 79.9 Å². The van der Waals surface area contributed by atoms with Crippen LogP contribution < -0.4 is 5.32 Å². The Balaban J connectivity index is 1.57. The number of carbonyl (C=O) groups is 1. The van der Waals surface area contributed by atoms with Crippen molar-refractivity contribution in [2.24, 2.45) is 0 Å². The third-order valence-corrected chi connectivity index (χ3v) is 3.20. The molecule has 0 amide bonds. The highest BCUT2D eigenvalue weighted by molar-refractivity contribution is 5.89. The van der Waals surface area contributed by atoms with Gasteiger partial charge in [-0.1, -0.05) is 18.2 Å². The van der Waals surface area contributed by atoms with Crippen LogP contribution in [0.3, 0.4) is 0 Å². The fourth-order valence-corrected chi connectivity index (χ4v) is 2.19. The number of ether oxygens (including phenoxy) is 1. The second kappa shape index (κ2) is 6.26. The van der Waals surface area contributed by atoms with Gasteiger partial charge in [-0.05, 0) is 25.1 Å². The number of aromatic amines is 1. The lowest BCUT2D eigenvalue weighted by Gasteiger charge is -2.09. The number of nitrogens with zero attached hydrogens (tertiary/aromatic N) is 2. The van der Waals surface area contributed by atoms with Crippen LogP contribution in [0.25, 0.3) is 11.0 Å². The third-order valence-electron chi connectivity index (χ3n) is 3.20. The molecule has 0 saturated carbocycles. The first kappa shape index (κ1) is 14.1. The predicted molar refractivity (Wildman–Crippen MR) is 83.8 cm³/mol. The molecule has 2 aromatic heterocycles. The van der Waals surface area contributed by atoms with E-state index in [-0.39, 0.29) is 12.6 Å². The van der Waals surface area contributed by atoms with E-state index in [9.17, 15) is 4.79 Å². The summed E-state index contributed by atoms with van der Waals surface area (Å²) in [4.78, 5) is 16.2. The number of H-pyrrole nitrogens is 1. The summed E-state index contributed by atoms with van der Waals surface area (Å²) < 4.78 is 5.23. The van der Waals surface area contributed by atoms with Gasteiger partial charge in [0.15, 0.2) is 0 Å². The molecule has 1 aromatic carbocycles. The highest BCUT2D eigenvalue weighted by Crippen LogP contribution is 2.20. The van der Waals surface area contributed by atoms with Crippen molar-refractivity contribution in [3.63, 3.8) is 0 Å². The minimum atomic E-state index is -0.319. The third kappa shape index (κ3) is 3.06. The van der Waals surface area contributed by atoms with Gasteiger partial charge in [0.2, 0.25) is 0 Å². The van der Waals surface area contributed by atoms with Crippen LogP contribution in [-0.4, -0.2) is 34.3 Å². The lowest BCUT2D eigenvalue weighted by Crippen LogP contribution is -2.14. The minimum Gasteiger partial charge on any atom is -0.460 e. The van der Waals surface area contributed by atoms with Crippen LogP contribution in [-0.2, 0) is 4.74 Å². The van der Waals surface area contributed by atoms with Crippen LogP contribution in [0.2, 0.25) is 0 Å². The smallest absolute Gasteiger partial charge is 0.338 e. The zero-order valence-corrected chi connectivity index (χ0v) is 12.2. The van der Waals surface area contributed by atoms with Gasteiger partial charge < -0.3 is 10.1 Å². The molecule has 0 unspecified atom stereocenters. The SMILES string of the molecule is Cc1cc(NCCOC(=O)c2ccccc2)c2[nH]ncc2n1. The van der Waals surface area contributed by atoms with E-state index in [1.165, 1.54) is 0 Å². The second-order valence-electron chi connectivity index (χ2n) is 4.87. The van der Waals surface area contributed by atoms with Crippen molar-refractivity contribution < 1.29 is 9.53 Å². The summed E-state index contributed by atoms with van der Waals surface area (Å²) in [5.74, 6) is -0.319. The lowest BCUT2D eigenvalue weighted by molar-refractivity contribution is 0.0520. The van der Waals surface area contributed by atoms with Crippen LogP contribution in [0.1, 0.15) is 16.1 Å². The molecule has 0 bridgehead atoms. The summed E-state index contributed by atoms with van der Waals surface area (Å²) in [5, 5.41) is 10.1. The summed E-state index contributed by atoms with van der Waals surface area (Å²) in [7, 11) is 0. The number of pyridine rings is 1.